The van der Waals surface area contributed by atoms with Crippen molar-refractivity contribution in [1.82, 2.24) is 10.3 Å². The number of pyridine rings is 1. The van der Waals surface area contributed by atoms with Crippen LogP contribution in [0.2, 0.25) is 0 Å². The maximum absolute atomic E-state index is 13.1. The molecule has 2 aromatic heterocycles. The van der Waals surface area contributed by atoms with Crippen molar-refractivity contribution in [2.75, 3.05) is 31.1 Å². The predicted molar refractivity (Wildman–Crippen MR) is 90.8 cm³/mol. The minimum atomic E-state index is 0.0209. The molecule has 1 aliphatic rings. The lowest BCUT2D eigenvalue weighted by Crippen LogP contribution is -2.45. The first-order valence-electron chi connectivity index (χ1n) is 7.76. The van der Waals surface area contributed by atoms with Gasteiger partial charge < -0.3 is 14.6 Å². The monoisotopic (exact) mass is 307 g/mol. The lowest BCUT2D eigenvalue weighted by molar-refractivity contribution is 0.573. The van der Waals surface area contributed by atoms with Crippen LogP contribution in [0.3, 0.4) is 0 Å². The highest BCUT2D eigenvalue weighted by molar-refractivity contribution is 5.86. The van der Waals surface area contributed by atoms with Crippen LogP contribution in [0.4, 0.5) is 5.69 Å². The number of aromatic nitrogens is 1. The third-order valence-electron chi connectivity index (χ3n) is 4.13. The number of fused-ring (bicyclic) bond motifs is 1. The van der Waals surface area contributed by atoms with Crippen molar-refractivity contribution in [3.8, 4) is 11.3 Å². The summed E-state index contributed by atoms with van der Waals surface area (Å²) in [5.74, 6) is 0.601. The first-order chi connectivity index (χ1) is 11.3. The summed E-state index contributed by atoms with van der Waals surface area (Å²) in [6.07, 6.45) is 3.45. The molecule has 4 rings (SSSR count). The fraction of sp³-hybridized carbons (Fsp3) is 0.222. The molecule has 0 radical (unpaired) electrons. The molecule has 5 heteroatoms. The number of rotatable bonds is 2. The molecule has 0 atom stereocenters. The highest BCUT2D eigenvalue weighted by atomic mass is 16.3. The number of benzene rings is 1. The molecule has 0 aliphatic carbocycles. The van der Waals surface area contributed by atoms with Gasteiger partial charge >= 0.3 is 0 Å². The minimum absolute atomic E-state index is 0.0209. The average molecular weight is 307 g/mol. The second-order valence-corrected chi connectivity index (χ2v) is 5.58. The fourth-order valence-corrected chi connectivity index (χ4v) is 3.00. The van der Waals surface area contributed by atoms with Crippen LogP contribution in [0.25, 0.3) is 22.3 Å². The molecule has 23 heavy (non-hydrogen) atoms. The lowest BCUT2D eigenvalue weighted by atomic mass is 10.1. The Morgan fingerprint density at radius 2 is 1.91 bits per heavy atom. The van der Waals surface area contributed by atoms with E-state index in [1.807, 2.05) is 36.4 Å². The van der Waals surface area contributed by atoms with Gasteiger partial charge in [0.05, 0.1) is 5.39 Å². The Hall–Kier alpha value is -2.66. The fourth-order valence-electron chi connectivity index (χ4n) is 3.00. The van der Waals surface area contributed by atoms with Crippen molar-refractivity contribution in [2.45, 2.75) is 0 Å². The summed E-state index contributed by atoms with van der Waals surface area (Å²) in [5.41, 5.74) is 2.09. The van der Waals surface area contributed by atoms with E-state index in [1.165, 1.54) is 0 Å². The third kappa shape index (κ3) is 2.49. The molecule has 1 aromatic carbocycles. The summed E-state index contributed by atoms with van der Waals surface area (Å²) in [7, 11) is 0. The van der Waals surface area contributed by atoms with Crippen molar-refractivity contribution in [3.63, 3.8) is 0 Å². The van der Waals surface area contributed by atoms with Crippen LogP contribution in [0, 0.1) is 0 Å². The Kier molecular flexibility index (Phi) is 3.55. The van der Waals surface area contributed by atoms with Crippen molar-refractivity contribution < 1.29 is 4.42 Å². The van der Waals surface area contributed by atoms with Gasteiger partial charge in [-0.3, -0.25) is 9.78 Å². The SMILES string of the molecule is O=c1c(N2CCNCC2)c(-c2cccnc2)oc2ccccc12. The van der Waals surface area contributed by atoms with Gasteiger partial charge in [0.15, 0.2) is 5.76 Å². The summed E-state index contributed by atoms with van der Waals surface area (Å²) >= 11 is 0. The highest BCUT2D eigenvalue weighted by Gasteiger charge is 2.22. The van der Waals surface area contributed by atoms with Crippen molar-refractivity contribution in [3.05, 3.63) is 59.0 Å². The number of hydrogen-bond acceptors (Lipinski definition) is 5. The molecule has 0 saturated carbocycles. The lowest BCUT2D eigenvalue weighted by Gasteiger charge is -2.30. The molecule has 3 aromatic rings. The van der Waals surface area contributed by atoms with E-state index < -0.39 is 0 Å². The van der Waals surface area contributed by atoms with E-state index in [1.54, 1.807) is 12.4 Å². The first kappa shape index (κ1) is 14.0. The maximum Gasteiger partial charge on any atom is 0.216 e. The minimum Gasteiger partial charge on any atom is -0.454 e. The van der Waals surface area contributed by atoms with E-state index in [-0.39, 0.29) is 5.43 Å². The zero-order valence-electron chi connectivity index (χ0n) is 12.7. The molecular formula is C18H17N3O2. The molecule has 1 aliphatic heterocycles. The van der Waals surface area contributed by atoms with E-state index in [2.05, 4.69) is 15.2 Å². The summed E-state index contributed by atoms with van der Waals surface area (Å²) in [6.45, 7) is 3.30. The standard InChI is InChI=1S/C18H17N3O2/c22-17-14-5-1-2-6-15(14)23-18(13-4-3-7-20-12-13)16(17)21-10-8-19-9-11-21/h1-7,12,19H,8-11H2. The number of hydrogen-bond donors (Lipinski definition) is 1. The number of nitrogens with zero attached hydrogens (tertiary/aromatic N) is 2. The molecule has 1 saturated heterocycles. The molecule has 5 nitrogen and oxygen atoms in total. The van der Waals surface area contributed by atoms with Crippen LogP contribution < -0.4 is 15.6 Å². The van der Waals surface area contributed by atoms with E-state index in [4.69, 9.17) is 4.42 Å². The van der Waals surface area contributed by atoms with E-state index in [0.29, 0.717) is 22.4 Å². The van der Waals surface area contributed by atoms with Crippen LogP contribution in [-0.2, 0) is 0 Å². The van der Waals surface area contributed by atoms with E-state index >= 15 is 0 Å². The second-order valence-electron chi connectivity index (χ2n) is 5.58. The van der Waals surface area contributed by atoms with Crippen molar-refractivity contribution >= 4 is 16.7 Å². The maximum atomic E-state index is 13.1. The Morgan fingerprint density at radius 3 is 2.70 bits per heavy atom. The van der Waals surface area contributed by atoms with Crippen molar-refractivity contribution in [1.29, 1.82) is 0 Å². The number of para-hydroxylation sites is 1. The van der Waals surface area contributed by atoms with Crippen LogP contribution >= 0.6 is 0 Å². The smallest absolute Gasteiger partial charge is 0.216 e. The molecule has 116 valence electrons. The van der Waals surface area contributed by atoms with Crippen LogP contribution in [0.5, 0.6) is 0 Å². The normalized spacial score (nSPS) is 15.0. The van der Waals surface area contributed by atoms with E-state index in [9.17, 15) is 4.79 Å². The summed E-state index contributed by atoms with van der Waals surface area (Å²) in [6, 6.07) is 11.2. The number of anilines is 1. The van der Waals surface area contributed by atoms with E-state index in [0.717, 1.165) is 31.7 Å². The van der Waals surface area contributed by atoms with Gasteiger partial charge in [0.2, 0.25) is 5.43 Å². The van der Waals surface area contributed by atoms with Crippen LogP contribution in [0.1, 0.15) is 0 Å². The molecule has 0 spiro atoms. The quantitative estimate of drug-likeness (QED) is 0.787. The van der Waals surface area contributed by atoms with Crippen LogP contribution in [-0.4, -0.2) is 31.2 Å². The molecule has 0 unspecified atom stereocenters. The van der Waals surface area contributed by atoms with Crippen LogP contribution in [0.15, 0.2) is 58.0 Å². The van der Waals surface area contributed by atoms with Gasteiger partial charge in [-0.15, -0.1) is 0 Å². The number of piperazine rings is 1. The van der Waals surface area contributed by atoms with Gasteiger partial charge in [-0.05, 0) is 24.3 Å². The van der Waals surface area contributed by atoms with Crippen molar-refractivity contribution in [2.24, 2.45) is 0 Å². The summed E-state index contributed by atoms with van der Waals surface area (Å²) in [4.78, 5) is 19.4. The van der Waals surface area contributed by atoms with Gasteiger partial charge in [-0.2, -0.15) is 0 Å². The molecule has 0 bridgehead atoms. The van der Waals surface area contributed by atoms with Gasteiger partial charge in [-0.25, -0.2) is 0 Å². The topological polar surface area (TPSA) is 58.4 Å². The zero-order valence-corrected chi connectivity index (χ0v) is 12.7. The Balaban J connectivity index is 2.00. The third-order valence-corrected chi connectivity index (χ3v) is 4.13. The largest absolute Gasteiger partial charge is 0.454 e. The average Bonchev–Trinajstić information content (AvgIpc) is 2.63. The van der Waals surface area contributed by atoms with Gasteiger partial charge in [0.25, 0.3) is 0 Å². The molecular weight excluding hydrogens is 290 g/mol. The second kappa shape index (κ2) is 5.85. The summed E-state index contributed by atoms with van der Waals surface area (Å²) < 4.78 is 6.11. The molecule has 1 N–H and O–H groups in total. The predicted octanol–water partition coefficient (Wildman–Crippen LogP) is 2.26. The Labute approximate surface area is 133 Å². The molecule has 0 amide bonds. The number of nitrogens with one attached hydrogen (secondary N) is 1. The highest BCUT2D eigenvalue weighted by Crippen LogP contribution is 2.31. The van der Waals surface area contributed by atoms with Gasteiger partial charge in [0, 0.05) is 44.1 Å². The first-order valence-corrected chi connectivity index (χ1v) is 7.76. The van der Waals surface area contributed by atoms with Gasteiger partial charge in [-0.1, -0.05) is 12.1 Å². The Bertz CT molecular complexity index is 884. The Morgan fingerprint density at radius 1 is 1.09 bits per heavy atom. The summed E-state index contributed by atoms with van der Waals surface area (Å²) in [5, 5.41) is 3.93. The molecule has 1 fully saturated rings. The molecule has 3 heterocycles. The van der Waals surface area contributed by atoms with Gasteiger partial charge in [0.1, 0.15) is 11.3 Å². The zero-order chi connectivity index (χ0) is 15.6.